The smallest absolute Gasteiger partial charge is 0.272 e. The van der Waals surface area contributed by atoms with E-state index in [2.05, 4.69) is 10.3 Å². The molecule has 62 valence electrons. The Bertz CT molecular complexity index is 417. The summed E-state index contributed by atoms with van der Waals surface area (Å²) < 4.78 is 1.83. The number of fused-ring (bicyclic) bond motifs is 1. The fraction of sp³-hybridized carbons (Fsp3) is 0.143. The van der Waals surface area contributed by atoms with Gasteiger partial charge in [0.1, 0.15) is 11.2 Å². The molecule has 0 bridgehead atoms. The van der Waals surface area contributed by atoms with E-state index in [1.165, 1.54) is 11.3 Å². The van der Waals surface area contributed by atoms with E-state index in [0.29, 0.717) is 5.69 Å². The van der Waals surface area contributed by atoms with E-state index in [1.807, 2.05) is 16.0 Å². The van der Waals surface area contributed by atoms with Crippen molar-refractivity contribution in [3.63, 3.8) is 0 Å². The molecule has 2 aromatic heterocycles. The third-order valence-electron chi connectivity index (χ3n) is 1.59. The number of rotatable bonds is 1. The zero-order valence-corrected chi connectivity index (χ0v) is 7.26. The molecule has 0 aliphatic carbocycles. The molecule has 0 fully saturated rings. The highest BCUT2D eigenvalue weighted by atomic mass is 32.1. The first-order valence-electron chi connectivity index (χ1n) is 3.45. The number of imidazole rings is 1. The molecule has 1 amide bonds. The van der Waals surface area contributed by atoms with Gasteiger partial charge >= 0.3 is 0 Å². The predicted molar refractivity (Wildman–Crippen MR) is 46.5 cm³/mol. The Kier molecular flexibility index (Phi) is 1.58. The van der Waals surface area contributed by atoms with E-state index in [4.69, 9.17) is 0 Å². The van der Waals surface area contributed by atoms with Crippen molar-refractivity contribution in [3.8, 4) is 0 Å². The molecule has 0 saturated carbocycles. The van der Waals surface area contributed by atoms with Crippen LogP contribution in [0.1, 0.15) is 10.5 Å². The molecule has 2 heterocycles. The van der Waals surface area contributed by atoms with Gasteiger partial charge in [-0.25, -0.2) is 4.98 Å². The molecule has 2 rings (SSSR count). The van der Waals surface area contributed by atoms with Gasteiger partial charge in [0.05, 0.1) is 0 Å². The highest BCUT2D eigenvalue weighted by Gasteiger charge is 2.11. The number of carbonyl (C=O) groups is 1. The summed E-state index contributed by atoms with van der Waals surface area (Å²) in [5.41, 5.74) is 0.493. The van der Waals surface area contributed by atoms with Crippen molar-refractivity contribution in [2.24, 2.45) is 0 Å². The van der Waals surface area contributed by atoms with Crippen LogP contribution in [0.2, 0.25) is 0 Å². The molecular weight excluding hydrogens is 174 g/mol. The van der Waals surface area contributed by atoms with E-state index in [-0.39, 0.29) is 5.91 Å². The van der Waals surface area contributed by atoms with Crippen molar-refractivity contribution in [2.45, 2.75) is 0 Å². The van der Waals surface area contributed by atoms with Crippen LogP contribution in [-0.4, -0.2) is 22.3 Å². The lowest BCUT2D eigenvalue weighted by Gasteiger charge is -1.91. The van der Waals surface area contributed by atoms with Crippen molar-refractivity contribution < 1.29 is 4.79 Å². The Morgan fingerprint density at radius 1 is 1.75 bits per heavy atom. The van der Waals surface area contributed by atoms with Crippen molar-refractivity contribution >= 4 is 22.1 Å². The normalized spacial score (nSPS) is 10.4. The number of hydrogen-bond donors (Lipinski definition) is 1. The quantitative estimate of drug-likeness (QED) is 0.705. The average Bonchev–Trinajstić information content (AvgIpc) is 2.62. The lowest BCUT2D eigenvalue weighted by Crippen LogP contribution is -2.18. The maximum absolute atomic E-state index is 11.2. The number of hydrogen-bond acceptors (Lipinski definition) is 3. The molecule has 0 aromatic carbocycles. The monoisotopic (exact) mass is 181 g/mol. The van der Waals surface area contributed by atoms with Gasteiger partial charge < -0.3 is 5.32 Å². The summed E-state index contributed by atoms with van der Waals surface area (Å²) >= 11 is 1.50. The summed E-state index contributed by atoms with van der Waals surface area (Å²) in [5.74, 6) is -0.139. The average molecular weight is 181 g/mol. The first kappa shape index (κ1) is 7.30. The second kappa shape index (κ2) is 2.60. The maximum atomic E-state index is 11.2. The Morgan fingerprint density at radius 3 is 3.33 bits per heavy atom. The molecule has 0 unspecified atom stereocenters. The molecule has 0 radical (unpaired) electrons. The SMILES string of the molecule is CNC(=O)c1ncn2ccsc12. The zero-order valence-electron chi connectivity index (χ0n) is 6.44. The van der Waals surface area contributed by atoms with Gasteiger partial charge in [-0.05, 0) is 0 Å². The van der Waals surface area contributed by atoms with Gasteiger partial charge in [-0.3, -0.25) is 9.20 Å². The third kappa shape index (κ3) is 0.902. The van der Waals surface area contributed by atoms with Crippen LogP contribution in [-0.2, 0) is 0 Å². The topological polar surface area (TPSA) is 46.4 Å². The first-order chi connectivity index (χ1) is 5.83. The van der Waals surface area contributed by atoms with Crippen LogP contribution < -0.4 is 5.32 Å². The van der Waals surface area contributed by atoms with Crippen LogP contribution in [0, 0.1) is 0 Å². The molecule has 0 aliphatic rings. The number of thiazole rings is 1. The molecule has 0 aliphatic heterocycles. The second-order valence-corrected chi connectivity index (χ2v) is 3.18. The van der Waals surface area contributed by atoms with Crippen LogP contribution in [0.25, 0.3) is 4.83 Å². The Morgan fingerprint density at radius 2 is 2.58 bits per heavy atom. The fourth-order valence-corrected chi connectivity index (χ4v) is 1.81. The van der Waals surface area contributed by atoms with E-state index < -0.39 is 0 Å². The lowest BCUT2D eigenvalue weighted by molar-refractivity contribution is 0.0960. The molecule has 12 heavy (non-hydrogen) atoms. The van der Waals surface area contributed by atoms with Crippen molar-refractivity contribution in [2.75, 3.05) is 7.05 Å². The van der Waals surface area contributed by atoms with Crippen LogP contribution in [0.5, 0.6) is 0 Å². The zero-order chi connectivity index (χ0) is 8.55. The van der Waals surface area contributed by atoms with Crippen LogP contribution in [0.4, 0.5) is 0 Å². The first-order valence-corrected chi connectivity index (χ1v) is 4.33. The van der Waals surface area contributed by atoms with Crippen molar-refractivity contribution in [1.29, 1.82) is 0 Å². The van der Waals surface area contributed by atoms with Gasteiger partial charge in [-0.15, -0.1) is 11.3 Å². The Balaban J connectivity index is 2.61. The Hall–Kier alpha value is -1.36. The highest BCUT2D eigenvalue weighted by Crippen LogP contribution is 2.15. The van der Waals surface area contributed by atoms with Gasteiger partial charge in [-0.2, -0.15) is 0 Å². The molecular formula is C7H7N3OS. The predicted octanol–water partition coefficient (Wildman–Crippen LogP) is 0.755. The second-order valence-electron chi connectivity index (χ2n) is 2.29. The van der Waals surface area contributed by atoms with Crippen LogP contribution >= 0.6 is 11.3 Å². The number of nitrogens with one attached hydrogen (secondary N) is 1. The van der Waals surface area contributed by atoms with Crippen molar-refractivity contribution in [3.05, 3.63) is 23.6 Å². The molecule has 0 spiro atoms. The summed E-state index contributed by atoms with van der Waals surface area (Å²) in [5, 5.41) is 4.46. The maximum Gasteiger partial charge on any atom is 0.272 e. The molecule has 0 atom stereocenters. The molecule has 5 heteroatoms. The van der Waals surface area contributed by atoms with E-state index in [0.717, 1.165) is 4.83 Å². The van der Waals surface area contributed by atoms with Crippen molar-refractivity contribution in [1.82, 2.24) is 14.7 Å². The van der Waals surface area contributed by atoms with E-state index >= 15 is 0 Å². The minimum atomic E-state index is -0.139. The minimum Gasteiger partial charge on any atom is -0.354 e. The molecule has 4 nitrogen and oxygen atoms in total. The standard InChI is InChI=1S/C7H7N3OS/c1-8-6(11)5-7-10(4-9-5)2-3-12-7/h2-4H,1H3,(H,8,11). The van der Waals surface area contributed by atoms with Gasteiger partial charge in [-0.1, -0.05) is 0 Å². The minimum absolute atomic E-state index is 0.139. The van der Waals surface area contributed by atoms with E-state index in [1.54, 1.807) is 13.4 Å². The fourth-order valence-electron chi connectivity index (χ4n) is 1.01. The number of carbonyl (C=O) groups excluding carboxylic acids is 1. The summed E-state index contributed by atoms with van der Waals surface area (Å²) in [6, 6.07) is 0. The summed E-state index contributed by atoms with van der Waals surface area (Å²) in [4.78, 5) is 16.1. The summed E-state index contributed by atoms with van der Waals surface area (Å²) in [6.45, 7) is 0. The number of amides is 1. The largest absolute Gasteiger partial charge is 0.354 e. The molecule has 1 N–H and O–H groups in total. The molecule has 2 aromatic rings. The highest BCUT2D eigenvalue weighted by molar-refractivity contribution is 7.15. The van der Waals surface area contributed by atoms with Gasteiger partial charge in [0.25, 0.3) is 5.91 Å². The van der Waals surface area contributed by atoms with E-state index in [9.17, 15) is 4.79 Å². The molecule has 0 saturated heterocycles. The van der Waals surface area contributed by atoms with Crippen LogP contribution in [0.3, 0.4) is 0 Å². The number of nitrogens with zero attached hydrogens (tertiary/aromatic N) is 2. The lowest BCUT2D eigenvalue weighted by atomic mass is 10.4. The van der Waals surface area contributed by atoms with Gasteiger partial charge in [0.15, 0.2) is 5.69 Å². The summed E-state index contributed by atoms with van der Waals surface area (Å²) in [7, 11) is 1.60. The van der Waals surface area contributed by atoms with Gasteiger partial charge in [0.2, 0.25) is 0 Å². The third-order valence-corrected chi connectivity index (χ3v) is 2.48. The Labute approximate surface area is 72.9 Å². The summed E-state index contributed by atoms with van der Waals surface area (Å²) in [6.07, 6.45) is 3.51. The van der Waals surface area contributed by atoms with Crippen LogP contribution in [0.15, 0.2) is 17.9 Å². The van der Waals surface area contributed by atoms with Gasteiger partial charge in [0, 0.05) is 18.6 Å². The number of aromatic nitrogens is 2.